The second-order valence-electron chi connectivity index (χ2n) is 6.77. The maximum atomic E-state index is 12.5. The Morgan fingerprint density at radius 3 is 2.08 bits per heavy atom. The third kappa shape index (κ3) is 7.56. The molecule has 3 N–H and O–H groups in total. The van der Waals surface area contributed by atoms with E-state index in [1.165, 1.54) is 6.42 Å². The largest absolute Gasteiger partial charge is 0.353 e. The zero-order chi connectivity index (χ0) is 16.6. The van der Waals surface area contributed by atoms with Crippen molar-refractivity contribution in [3.63, 3.8) is 0 Å². The van der Waals surface area contributed by atoms with E-state index < -0.39 is 5.54 Å². The number of hydrogen-bond acceptors (Lipinski definition) is 3. The van der Waals surface area contributed by atoms with Crippen LogP contribution >= 0.6 is 24.8 Å². The minimum Gasteiger partial charge on any atom is -0.353 e. The molecule has 0 radical (unpaired) electrons. The van der Waals surface area contributed by atoms with Gasteiger partial charge in [0.05, 0.1) is 5.54 Å². The highest BCUT2D eigenvalue weighted by Crippen LogP contribution is 2.26. The van der Waals surface area contributed by atoms with Crippen molar-refractivity contribution < 1.29 is 4.79 Å². The topological polar surface area (TPSA) is 58.4 Å². The molecule has 24 heavy (non-hydrogen) atoms. The van der Waals surface area contributed by atoms with Gasteiger partial charge >= 0.3 is 0 Å². The summed E-state index contributed by atoms with van der Waals surface area (Å²) in [5.74, 6) is 0.440. The van der Waals surface area contributed by atoms with Crippen molar-refractivity contribution in [1.29, 1.82) is 0 Å². The molecule has 0 aromatic rings. The molecule has 1 aliphatic carbocycles. The van der Waals surface area contributed by atoms with E-state index in [2.05, 4.69) is 37.2 Å². The SMILES string of the molecule is C=CCN(CC=C)C(CNC(=O)C1(N)CCCCC1)C(C)C.Cl.Cl. The minimum atomic E-state index is -0.665. The van der Waals surface area contributed by atoms with Crippen LogP contribution in [0.5, 0.6) is 0 Å². The van der Waals surface area contributed by atoms with Crippen LogP contribution in [0, 0.1) is 5.92 Å². The first-order chi connectivity index (χ1) is 10.4. The van der Waals surface area contributed by atoms with E-state index in [9.17, 15) is 4.79 Å². The van der Waals surface area contributed by atoms with Gasteiger partial charge in [-0.05, 0) is 18.8 Å². The van der Waals surface area contributed by atoms with Gasteiger partial charge in [0.1, 0.15) is 0 Å². The molecule has 6 heteroatoms. The van der Waals surface area contributed by atoms with Gasteiger partial charge in [0.15, 0.2) is 0 Å². The Balaban J connectivity index is 0. The molecule has 1 rings (SSSR count). The van der Waals surface area contributed by atoms with E-state index in [0.29, 0.717) is 12.5 Å². The second-order valence-corrected chi connectivity index (χ2v) is 6.77. The van der Waals surface area contributed by atoms with Crippen LogP contribution in [0.25, 0.3) is 0 Å². The molecule has 4 nitrogen and oxygen atoms in total. The predicted molar refractivity (Wildman–Crippen MR) is 108 cm³/mol. The van der Waals surface area contributed by atoms with E-state index in [-0.39, 0.29) is 36.8 Å². The van der Waals surface area contributed by atoms with Gasteiger partial charge < -0.3 is 11.1 Å². The molecule has 1 aliphatic rings. The third-order valence-electron chi connectivity index (χ3n) is 4.64. The van der Waals surface area contributed by atoms with Crippen LogP contribution in [0.4, 0.5) is 0 Å². The van der Waals surface area contributed by atoms with Gasteiger partial charge in [-0.2, -0.15) is 0 Å². The summed E-state index contributed by atoms with van der Waals surface area (Å²) in [5.41, 5.74) is 5.64. The number of nitrogens with zero attached hydrogens (tertiary/aromatic N) is 1. The molecule has 0 saturated heterocycles. The summed E-state index contributed by atoms with van der Waals surface area (Å²) in [7, 11) is 0. The van der Waals surface area contributed by atoms with Crippen molar-refractivity contribution in [2.75, 3.05) is 19.6 Å². The zero-order valence-electron chi connectivity index (χ0n) is 15.1. The summed E-state index contributed by atoms with van der Waals surface area (Å²) in [6.45, 7) is 14.2. The Hall–Kier alpha value is -0.550. The van der Waals surface area contributed by atoms with Crippen molar-refractivity contribution >= 4 is 30.7 Å². The number of nitrogens with one attached hydrogen (secondary N) is 1. The first kappa shape index (κ1) is 25.7. The number of hydrogen-bond donors (Lipinski definition) is 2. The normalized spacial score (nSPS) is 17.4. The van der Waals surface area contributed by atoms with Crippen LogP contribution in [0.3, 0.4) is 0 Å². The molecule has 0 heterocycles. The predicted octanol–water partition coefficient (Wildman–Crippen LogP) is 3.31. The van der Waals surface area contributed by atoms with Crippen LogP contribution < -0.4 is 11.1 Å². The smallest absolute Gasteiger partial charge is 0.240 e. The van der Waals surface area contributed by atoms with Gasteiger partial charge in [0.25, 0.3) is 0 Å². The lowest BCUT2D eigenvalue weighted by molar-refractivity contribution is -0.127. The number of carbonyl (C=O) groups excluding carboxylic acids is 1. The molecule has 1 fully saturated rings. The van der Waals surface area contributed by atoms with Gasteiger partial charge in [-0.25, -0.2) is 0 Å². The van der Waals surface area contributed by atoms with E-state index in [1.807, 2.05) is 12.2 Å². The zero-order valence-corrected chi connectivity index (χ0v) is 16.8. The van der Waals surface area contributed by atoms with Crippen LogP contribution in [0.2, 0.25) is 0 Å². The Morgan fingerprint density at radius 2 is 1.67 bits per heavy atom. The van der Waals surface area contributed by atoms with Crippen molar-refractivity contribution in [1.82, 2.24) is 10.2 Å². The number of carbonyl (C=O) groups is 1. The number of rotatable bonds is 9. The molecule has 0 spiro atoms. The monoisotopic (exact) mass is 379 g/mol. The third-order valence-corrected chi connectivity index (χ3v) is 4.64. The molecular formula is C18H35Cl2N3O. The lowest BCUT2D eigenvalue weighted by Gasteiger charge is -2.36. The van der Waals surface area contributed by atoms with Gasteiger partial charge in [-0.15, -0.1) is 38.0 Å². The standard InChI is InChI=1S/C18H33N3O.2ClH/c1-5-12-21(13-6-2)16(15(3)4)14-20-17(22)18(19)10-8-7-9-11-18;;/h5-6,15-16H,1-2,7-14,19H2,3-4H3,(H,20,22);2*1H. The van der Waals surface area contributed by atoms with E-state index >= 15 is 0 Å². The number of nitrogens with two attached hydrogens (primary N) is 1. The van der Waals surface area contributed by atoms with Gasteiger partial charge in [-0.1, -0.05) is 45.3 Å². The molecule has 0 aromatic heterocycles. The average Bonchev–Trinajstić information content (AvgIpc) is 2.48. The quantitative estimate of drug-likeness (QED) is 0.604. The average molecular weight is 380 g/mol. The van der Waals surface area contributed by atoms with E-state index in [0.717, 1.165) is 38.8 Å². The summed E-state index contributed by atoms with van der Waals surface area (Å²) in [6, 6.07) is 0.257. The number of amides is 1. The van der Waals surface area contributed by atoms with Crippen molar-refractivity contribution in [2.24, 2.45) is 11.7 Å². The molecular weight excluding hydrogens is 345 g/mol. The first-order valence-corrected chi connectivity index (χ1v) is 8.47. The maximum Gasteiger partial charge on any atom is 0.240 e. The lowest BCUT2D eigenvalue weighted by Crippen LogP contribution is -2.57. The highest BCUT2D eigenvalue weighted by Gasteiger charge is 2.35. The van der Waals surface area contributed by atoms with Crippen molar-refractivity contribution in [2.45, 2.75) is 57.5 Å². The summed E-state index contributed by atoms with van der Waals surface area (Å²) in [6.07, 6.45) is 8.68. The molecule has 1 saturated carbocycles. The minimum absolute atomic E-state index is 0. The lowest BCUT2D eigenvalue weighted by atomic mass is 9.82. The molecule has 1 amide bonds. The summed E-state index contributed by atoms with van der Waals surface area (Å²) >= 11 is 0. The maximum absolute atomic E-state index is 12.5. The molecule has 142 valence electrons. The fourth-order valence-electron chi connectivity index (χ4n) is 3.25. The Morgan fingerprint density at radius 1 is 1.17 bits per heavy atom. The van der Waals surface area contributed by atoms with Crippen molar-refractivity contribution in [3.8, 4) is 0 Å². The Bertz CT molecular complexity index is 372. The Kier molecular flexibility index (Phi) is 13.7. The van der Waals surface area contributed by atoms with Crippen molar-refractivity contribution in [3.05, 3.63) is 25.3 Å². The first-order valence-electron chi connectivity index (χ1n) is 8.47. The summed E-state index contributed by atoms with van der Waals surface area (Å²) in [4.78, 5) is 14.8. The molecule has 0 aliphatic heterocycles. The molecule has 0 bridgehead atoms. The second kappa shape index (κ2) is 12.8. The molecule has 0 aromatic carbocycles. The van der Waals surface area contributed by atoms with Crippen LogP contribution in [0.15, 0.2) is 25.3 Å². The summed E-state index contributed by atoms with van der Waals surface area (Å²) in [5, 5.41) is 3.10. The Labute approximate surface area is 160 Å². The van der Waals surface area contributed by atoms with Gasteiger partial charge in [-0.3, -0.25) is 9.69 Å². The van der Waals surface area contributed by atoms with E-state index in [4.69, 9.17) is 5.73 Å². The van der Waals surface area contributed by atoms with Crippen LogP contribution in [0.1, 0.15) is 46.0 Å². The van der Waals surface area contributed by atoms with Crippen LogP contribution in [-0.4, -0.2) is 42.0 Å². The fourth-order valence-corrected chi connectivity index (χ4v) is 3.25. The van der Waals surface area contributed by atoms with Gasteiger partial charge in [0, 0.05) is 25.7 Å². The van der Waals surface area contributed by atoms with Crippen LogP contribution in [-0.2, 0) is 4.79 Å². The summed E-state index contributed by atoms with van der Waals surface area (Å²) < 4.78 is 0. The van der Waals surface area contributed by atoms with E-state index in [1.54, 1.807) is 0 Å². The van der Waals surface area contributed by atoms with Gasteiger partial charge in [0.2, 0.25) is 5.91 Å². The highest BCUT2D eigenvalue weighted by molar-refractivity contribution is 5.86. The molecule has 1 atom stereocenters. The fraction of sp³-hybridized carbons (Fsp3) is 0.722. The number of halogens is 2. The highest BCUT2D eigenvalue weighted by atomic mass is 35.5. The molecule has 1 unspecified atom stereocenters.